The minimum absolute atomic E-state index is 0.289. The van der Waals surface area contributed by atoms with Crippen molar-refractivity contribution >= 4 is 5.78 Å². The van der Waals surface area contributed by atoms with E-state index in [4.69, 9.17) is 10.5 Å². The largest absolute Gasteiger partial charge is 0.501 e. The standard InChI is InChI=1S/C5H2N2O2/c6-7-5-3(8)1-2-4(5)9/h1-2H/p+1. The molecule has 0 aliphatic heterocycles. The molecule has 0 heterocycles. The second kappa shape index (κ2) is 1.71. The van der Waals surface area contributed by atoms with Crippen LogP contribution in [0.3, 0.4) is 0 Å². The molecule has 4 heteroatoms. The molecule has 4 nitrogen and oxygen atoms in total. The monoisotopic (exact) mass is 123 g/mol. The van der Waals surface area contributed by atoms with Gasteiger partial charge in [-0.3, -0.25) is 4.79 Å². The summed E-state index contributed by atoms with van der Waals surface area (Å²) in [6, 6.07) is 0. The third-order valence-corrected chi connectivity index (χ3v) is 0.969. The van der Waals surface area contributed by atoms with Crippen LogP contribution in [0.1, 0.15) is 0 Å². The summed E-state index contributed by atoms with van der Waals surface area (Å²) in [7, 11) is 0. The number of aliphatic hydroxyl groups excluding tert-OH is 1. The second-order valence-corrected chi connectivity index (χ2v) is 1.53. The molecule has 9 heavy (non-hydrogen) atoms. The van der Waals surface area contributed by atoms with Crippen molar-refractivity contribution in [2.75, 3.05) is 0 Å². The lowest BCUT2D eigenvalue weighted by molar-refractivity contribution is -0.111. The van der Waals surface area contributed by atoms with E-state index in [1.807, 2.05) is 0 Å². The molecule has 0 unspecified atom stereocenters. The molecule has 0 aromatic heterocycles. The van der Waals surface area contributed by atoms with E-state index in [-0.39, 0.29) is 11.5 Å². The summed E-state index contributed by atoms with van der Waals surface area (Å²) in [4.78, 5) is 13.0. The number of ketones is 1. The predicted octanol–water partition coefficient (Wildman–Crippen LogP) is 0.748. The van der Waals surface area contributed by atoms with E-state index in [0.717, 1.165) is 6.08 Å². The molecule has 0 amide bonds. The number of aliphatic hydroxyl groups is 1. The summed E-state index contributed by atoms with van der Waals surface area (Å²) in [5.74, 6) is -0.766. The zero-order valence-corrected chi connectivity index (χ0v) is 4.40. The number of diazo groups is 1. The molecule has 0 saturated carbocycles. The highest BCUT2D eigenvalue weighted by molar-refractivity contribution is 6.08. The SMILES string of the molecule is N#[N+]C1=C(O)C=CC1=O. The summed E-state index contributed by atoms with van der Waals surface area (Å²) in [6.07, 6.45) is 2.31. The van der Waals surface area contributed by atoms with Gasteiger partial charge >= 0.3 is 5.70 Å². The Morgan fingerprint density at radius 3 is 2.44 bits per heavy atom. The average Bonchev–Trinajstić information content (AvgIpc) is 2.12. The van der Waals surface area contributed by atoms with Crippen LogP contribution in [0.5, 0.6) is 0 Å². The summed E-state index contributed by atoms with van der Waals surface area (Å²) < 4.78 is 0. The van der Waals surface area contributed by atoms with E-state index in [1.54, 1.807) is 0 Å². The van der Waals surface area contributed by atoms with Gasteiger partial charge in [0.05, 0.1) is 0 Å². The Kier molecular flexibility index (Phi) is 1.04. The van der Waals surface area contributed by atoms with Crippen LogP contribution in [0.2, 0.25) is 0 Å². The number of carbonyl (C=O) groups excluding carboxylic acids is 1. The van der Waals surface area contributed by atoms with Crippen LogP contribution < -0.4 is 0 Å². The first kappa shape index (κ1) is 5.51. The van der Waals surface area contributed by atoms with Crippen molar-refractivity contribution in [2.45, 2.75) is 0 Å². The summed E-state index contributed by atoms with van der Waals surface area (Å²) >= 11 is 0. The fourth-order valence-electron chi connectivity index (χ4n) is 0.539. The molecule has 1 aliphatic carbocycles. The van der Waals surface area contributed by atoms with Crippen LogP contribution in [-0.2, 0) is 4.79 Å². The minimum Gasteiger partial charge on any atom is -0.501 e. The normalized spacial score (nSPS) is 16.6. The molecule has 0 saturated heterocycles. The number of hydrogen-bond donors (Lipinski definition) is 1. The Hall–Kier alpha value is -1.63. The van der Waals surface area contributed by atoms with Crippen molar-refractivity contribution in [3.63, 3.8) is 0 Å². The van der Waals surface area contributed by atoms with Crippen molar-refractivity contribution in [1.29, 1.82) is 5.39 Å². The number of hydrogen-bond acceptors (Lipinski definition) is 3. The summed E-state index contributed by atoms with van der Waals surface area (Å²) in [5.41, 5.74) is -0.296. The maximum absolute atomic E-state index is 10.5. The van der Waals surface area contributed by atoms with Gasteiger partial charge < -0.3 is 5.11 Å². The molecule has 0 spiro atoms. The molecule has 0 aromatic carbocycles. The molecule has 1 N–H and O–H groups in total. The van der Waals surface area contributed by atoms with Crippen LogP contribution >= 0.6 is 0 Å². The predicted molar refractivity (Wildman–Crippen MR) is 28.9 cm³/mol. The smallest absolute Gasteiger partial charge is 0.472 e. The molecule has 0 radical (unpaired) electrons. The van der Waals surface area contributed by atoms with Crippen molar-refractivity contribution in [3.8, 4) is 0 Å². The zero-order valence-electron chi connectivity index (χ0n) is 4.40. The average molecular weight is 123 g/mol. The van der Waals surface area contributed by atoms with Gasteiger partial charge in [0.15, 0.2) is 4.98 Å². The Labute approximate surface area is 50.7 Å². The zero-order chi connectivity index (χ0) is 6.85. The molecule has 1 rings (SSSR count). The molecular weight excluding hydrogens is 120 g/mol. The molecular formula is C5H3N2O2+. The summed E-state index contributed by atoms with van der Waals surface area (Å²) in [6.45, 7) is 0. The van der Waals surface area contributed by atoms with Gasteiger partial charge in [-0.15, -0.1) is 0 Å². The maximum Gasteiger partial charge on any atom is 0.472 e. The van der Waals surface area contributed by atoms with Crippen LogP contribution in [-0.4, -0.2) is 10.9 Å². The van der Waals surface area contributed by atoms with Crippen LogP contribution in [0.4, 0.5) is 0 Å². The van der Waals surface area contributed by atoms with Crippen LogP contribution in [0, 0.1) is 5.39 Å². The molecule has 0 fully saturated rings. The highest BCUT2D eigenvalue weighted by Crippen LogP contribution is 2.13. The van der Waals surface area contributed by atoms with Crippen LogP contribution in [0.25, 0.3) is 4.98 Å². The van der Waals surface area contributed by atoms with Gasteiger partial charge in [0.1, 0.15) is 0 Å². The van der Waals surface area contributed by atoms with Gasteiger partial charge in [0, 0.05) is 0 Å². The lowest BCUT2D eigenvalue weighted by Crippen LogP contribution is -1.89. The number of allylic oxidation sites excluding steroid dienone is 2. The van der Waals surface area contributed by atoms with Crippen molar-refractivity contribution in [2.24, 2.45) is 0 Å². The van der Waals surface area contributed by atoms with Crippen LogP contribution in [0.15, 0.2) is 23.6 Å². The Morgan fingerprint density at radius 2 is 2.22 bits per heavy atom. The van der Waals surface area contributed by atoms with Crippen molar-refractivity contribution < 1.29 is 9.90 Å². The van der Waals surface area contributed by atoms with Gasteiger partial charge in [-0.1, -0.05) is 0 Å². The van der Waals surface area contributed by atoms with E-state index >= 15 is 0 Å². The number of rotatable bonds is 0. The molecule has 0 atom stereocenters. The Balaban J connectivity index is 3.10. The topological polar surface area (TPSA) is 65.4 Å². The maximum atomic E-state index is 10.5. The van der Waals surface area contributed by atoms with Gasteiger partial charge in [-0.05, 0) is 12.2 Å². The highest BCUT2D eigenvalue weighted by Gasteiger charge is 2.29. The van der Waals surface area contributed by atoms with Gasteiger partial charge in [-0.2, -0.15) is 0 Å². The highest BCUT2D eigenvalue weighted by atomic mass is 16.3. The lowest BCUT2D eigenvalue weighted by atomic mass is 10.4. The van der Waals surface area contributed by atoms with E-state index in [1.165, 1.54) is 6.08 Å². The first-order valence-corrected chi connectivity index (χ1v) is 2.26. The third-order valence-electron chi connectivity index (χ3n) is 0.969. The number of carbonyl (C=O) groups is 1. The van der Waals surface area contributed by atoms with E-state index in [9.17, 15) is 4.79 Å². The lowest BCUT2D eigenvalue weighted by Gasteiger charge is -1.71. The van der Waals surface area contributed by atoms with E-state index < -0.39 is 5.78 Å². The molecule has 0 bridgehead atoms. The first-order chi connectivity index (χ1) is 4.25. The molecule has 0 aromatic rings. The van der Waals surface area contributed by atoms with Crippen molar-refractivity contribution in [1.82, 2.24) is 0 Å². The molecule has 1 aliphatic rings. The molecule has 44 valence electrons. The third kappa shape index (κ3) is 0.681. The number of nitrogens with zero attached hydrogens (tertiary/aromatic N) is 2. The Bertz CT molecular complexity index is 257. The first-order valence-electron chi connectivity index (χ1n) is 2.26. The summed E-state index contributed by atoms with van der Waals surface area (Å²) in [5, 5.41) is 16.7. The fourth-order valence-corrected chi connectivity index (χ4v) is 0.539. The Morgan fingerprint density at radius 1 is 1.56 bits per heavy atom. The minimum atomic E-state index is -0.477. The quantitative estimate of drug-likeness (QED) is 0.483. The van der Waals surface area contributed by atoms with E-state index in [2.05, 4.69) is 4.98 Å². The van der Waals surface area contributed by atoms with Gasteiger partial charge in [0.25, 0.3) is 5.78 Å². The fraction of sp³-hybridized carbons (Fsp3) is 0. The second-order valence-electron chi connectivity index (χ2n) is 1.53. The van der Waals surface area contributed by atoms with Gasteiger partial charge in [0.2, 0.25) is 11.2 Å². The van der Waals surface area contributed by atoms with Gasteiger partial charge in [-0.25, -0.2) is 0 Å². The van der Waals surface area contributed by atoms with E-state index in [0.29, 0.717) is 0 Å². The van der Waals surface area contributed by atoms with Crippen molar-refractivity contribution in [3.05, 3.63) is 28.6 Å².